The fourth-order valence-corrected chi connectivity index (χ4v) is 3.61. The molecule has 3 rings (SSSR count). The van der Waals surface area contributed by atoms with Crippen molar-refractivity contribution in [2.75, 3.05) is 25.0 Å². The lowest BCUT2D eigenvalue weighted by molar-refractivity contribution is -0.131. The van der Waals surface area contributed by atoms with Gasteiger partial charge >= 0.3 is 0 Å². The van der Waals surface area contributed by atoms with Crippen molar-refractivity contribution in [3.05, 3.63) is 60.2 Å². The molecule has 2 aromatic rings. The van der Waals surface area contributed by atoms with Crippen LogP contribution in [0.4, 0.5) is 5.69 Å². The molecule has 0 saturated heterocycles. The molecule has 6 nitrogen and oxygen atoms in total. The quantitative estimate of drug-likeness (QED) is 0.727. The van der Waals surface area contributed by atoms with Gasteiger partial charge in [-0.2, -0.15) is 0 Å². The summed E-state index contributed by atoms with van der Waals surface area (Å²) >= 11 is 0. The standard InChI is InChI=1S/C24H31N3O3/c1-4-19(5-2)25-24(29)22-16-27(20-13-9-10-14-21(20)30-22)17-23(28)26(3)15-18-11-7-6-8-12-18/h6-14,19,22H,4-5,15-17H2,1-3H3,(H,25,29). The number of anilines is 1. The van der Waals surface area contributed by atoms with Gasteiger partial charge in [0.2, 0.25) is 5.91 Å². The molecule has 1 aliphatic rings. The van der Waals surface area contributed by atoms with Crippen LogP contribution >= 0.6 is 0 Å². The van der Waals surface area contributed by atoms with E-state index in [-0.39, 0.29) is 24.4 Å². The summed E-state index contributed by atoms with van der Waals surface area (Å²) in [7, 11) is 1.80. The van der Waals surface area contributed by atoms with Crippen molar-refractivity contribution in [3.8, 4) is 5.75 Å². The lowest BCUT2D eigenvalue weighted by atomic mass is 10.1. The molecule has 0 spiro atoms. The molecule has 1 aliphatic heterocycles. The van der Waals surface area contributed by atoms with Gasteiger partial charge in [-0.05, 0) is 30.5 Å². The highest BCUT2D eigenvalue weighted by Gasteiger charge is 2.32. The van der Waals surface area contributed by atoms with Crippen LogP contribution in [0, 0.1) is 0 Å². The van der Waals surface area contributed by atoms with E-state index in [1.807, 2.05) is 59.5 Å². The highest BCUT2D eigenvalue weighted by molar-refractivity contribution is 5.86. The fraction of sp³-hybridized carbons (Fsp3) is 0.417. The van der Waals surface area contributed by atoms with Crippen molar-refractivity contribution in [2.45, 2.75) is 45.4 Å². The number of carbonyl (C=O) groups excluding carboxylic acids is 2. The van der Waals surface area contributed by atoms with Crippen molar-refractivity contribution in [3.63, 3.8) is 0 Å². The topological polar surface area (TPSA) is 61.9 Å². The van der Waals surface area contributed by atoms with Crippen molar-refractivity contribution < 1.29 is 14.3 Å². The monoisotopic (exact) mass is 409 g/mol. The Kier molecular flexibility index (Phi) is 7.33. The third-order valence-electron chi connectivity index (χ3n) is 5.50. The number of para-hydroxylation sites is 2. The summed E-state index contributed by atoms with van der Waals surface area (Å²) in [6.45, 7) is 5.19. The van der Waals surface area contributed by atoms with Gasteiger partial charge in [0.15, 0.2) is 6.10 Å². The van der Waals surface area contributed by atoms with Gasteiger partial charge in [0.25, 0.3) is 5.91 Å². The van der Waals surface area contributed by atoms with E-state index >= 15 is 0 Å². The maximum absolute atomic E-state index is 12.9. The Balaban J connectivity index is 1.70. The Morgan fingerprint density at radius 1 is 1.10 bits per heavy atom. The van der Waals surface area contributed by atoms with Crippen LogP contribution in [0.3, 0.4) is 0 Å². The molecule has 1 N–H and O–H groups in total. The largest absolute Gasteiger partial charge is 0.477 e. The van der Waals surface area contributed by atoms with E-state index < -0.39 is 6.10 Å². The minimum atomic E-state index is -0.646. The zero-order valence-corrected chi connectivity index (χ0v) is 18.0. The molecule has 0 radical (unpaired) electrons. The van der Waals surface area contributed by atoms with Crippen LogP contribution < -0.4 is 15.0 Å². The molecule has 1 heterocycles. The molecule has 30 heavy (non-hydrogen) atoms. The van der Waals surface area contributed by atoms with Gasteiger partial charge in [-0.25, -0.2) is 0 Å². The number of hydrogen-bond acceptors (Lipinski definition) is 4. The normalized spacial score (nSPS) is 15.3. The van der Waals surface area contributed by atoms with Crippen LogP contribution in [-0.2, 0) is 16.1 Å². The first kappa shape index (κ1) is 21.7. The number of rotatable bonds is 8. The Bertz CT molecular complexity index is 852. The number of ether oxygens (including phenoxy) is 1. The van der Waals surface area contributed by atoms with Crippen molar-refractivity contribution in [1.82, 2.24) is 10.2 Å². The van der Waals surface area contributed by atoms with Gasteiger partial charge in [0, 0.05) is 19.6 Å². The lowest BCUT2D eigenvalue weighted by Crippen LogP contribution is -2.52. The maximum Gasteiger partial charge on any atom is 0.263 e. The van der Waals surface area contributed by atoms with Crippen LogP contribution in [-0.4, -0.2) is 49.0 Å². The van der Waals surface area contributed by atoms with Crippen molar-refractivity contribution in [1.29, 1.82) is 0 Å². The first-order valence-electron chi connectivity index (χ1n) is 10.6. The maximum atomic E-state index is 12.9. The van der Waals surface area contributed by atoms with Crippen molar-refractivity contribution >= 4 is 17.5 Å². The molecular formula is C24H31N3O3. The summed E-state index contributed by atoms with van der Waals surface area (Å²) in [6, 6.07) is 17.6. The summed E-state index contributed by atoms with van der Waals surface area (Å²) in [5.74, 6) is 0.495. The van der Waals surface area contributed by atoms with Gasteiger partial charge in [-0.15, -0.1) is 0 Å². The fourth-order valence-electron chi connectivity index (χ4n) is 3.61. The predicted octanol–water partition coefficient (Wildman–Crippen LogP) is 3.22. The van der Waals surface area contributed by atoms with E-state index in [9.17, 15) is 9.59 Å². The molecule has 0 aromatic heterocycles. The van der Waals surface area contributed by atoms with E-state index in [1.165, 1.54) is 0 Å². The van der Waals surface area contributed by atoms with Crippen molar-refractivity contribution in [2.24, 2.45) is 0 Å². The predicted molar refractivity (Wildman–Crippen MR) is 118 cm³/mol. The highest BCUT2D eigenvalue weighted by atomic mass is 16.5. The number of fused-ring (bicyclic) bond motifs is 1. The molecule has 1 unspecified atom stereocenters. The van der Waals surface area contributed by atoms with Gasteiger partial charge in [0.1, 0.15) is 5.75 Å². The Morgan fingerprint density at radius 3 is 2.47 bits per heavy atom. The van der Waals surface area contributed by atoms with Gasteiger partial charge < -0.3 is 19.9 Å². The summed E-state index contributed by atoms with van der Waals surface area (Å²) in [5.41, 5.74) is 1.92. The van der Waals surface area contributed by atoms with Crippen LogP contribution in [0.1, 0.15) is 32.3 Å². The zero-order chi connectivity index (χ0) is 21.5. The van der Waals surface area contributed by atoms with Gasteiger partial charge in [0.05, 0.1) is 18.8 Å². The molecule has 0 fully saturated rings. The summed E-state index contributed by atoms with van der Waals surface area (Å²) < 4.78 is 5.97. The Hall–Kier alpha value is -3.02. The molecular weight excluding hydrogens is 378 g/mol. The van der Waals surface area contributed by atoms with Gasteiger partial charge in [-0.3, -0.25) is 9.59 Å². The number of amides is 2. The number of nitrogens with zero attached hydrogens (tertiary/aromatic N) is 2. The molecule has 2 aromatic carbocycles. The first-order chi connectivity index (χ1) is 14.5. The second-order valence-electron chi connectivity index (χ2n) is 7.71. The number of hydrogen-bond donors (Lipinski definition) is 1. The molecule has 0 saturated carbocycles. The third-order valence-corrected chi connectivity index (χ3v) is 5.50. The minimum absolute atomic E-state index is 0.00490. The number of nitrogens with one attached hydrogen (secondary N) is 1. The molecule has 160 valence electrons. The molecule has 0 aliphatic carbocycles. The van der Waals surface area contributed by atoms with E-state index in [4.69, 9.17) is 4.74 Å². The first-order valence-corrected chi connectivity index (χ1v) is 10.6. The smallest absolute Gasteiger partial charge is 0.263 e. The number of likely N-dealkylation sites (N-methyl/N-ethyl adjacent to an activating group) is 1. The Labute approximate surface area is 178 Å². The lowest BCUT2D eigenvalue weighted by Gasteiger charge is -2.36. The molecule has 1 atom stereocenters. The van der Waals surface area contributed by atoms with Crippen LogP contribution in [0.25, 0.3) is 0 Å². The summed E-state index contributed by atoms with van der Waals surface area (Å²) in [4.78, 5) is 29.4. The SMILES string of the molecule is CCC(CC)NC(=O)C1CN(CC(=O)N(C)Cc2ccccc2)c2ccccc2O1. The van der Waals surface area contributed by atoms with E-state index in [0.717, 1.165) is 24.1 Å². The zero-order valence-electron chi connectivity index (χ0n) is 18.0. The average Bonchev–Trinajstić information content (AvgIpc) is 2.77. The van der Waals surface area contributed by atoms with E-state index in [2.05, 4.69) is 19.2 Å². The van der Waals surface area contributed by atoms with Crippen LogP contribution in [0.5, 0.6) is 5.75 Å². The van der Waals surface area contributed by atoms with E-state index in [1.54, 1.807) is 11.9 Å². The number of benzene rings is 2. The summed E-state index contributed by atoms with van der Waals surface area (Å²) in [5, 5.41) is 3.06. The van der Waals surface area contributed by atoms with Crippen LogP contribution in [0.2, 0.25) is 0 Å². The van der Waals surface area contributed by atoms with Crippen LogP contribution in [0.15, 0.2) is 54.6 Å². The highest BCUT2D eigenvalue weighted by Crippen LogP contribution is 2.33. The van der Waals surface area contributed by atoms with E-state index in [0.29, 0.717) is 18.8 Å². The third kappa shape index (κ3) is 5.32. The average molecular weight is 410 g/mol. The second-order valence-corrected chi connectivity index (χ2v) is 7.71. The Morgan fingerprint density at radius 2 is 1.77 bits per heavy atom. The second kappa shape index (κ2) is 10.1. The van der Waals surface area contributed by atoms with Gasteiger partial charge in [-0.1, -0.05) is 56.3 Å². The number of carbonyl (C=O) groups is 2. The molecule has 6 heteroatoms. The summed E-state index contributed by atoms with van der Waals surface area (Å²) in [6.07, 6.45) is 1.10. The molecule has 2 amide bonds. The molecule has 0 bridgehead atoms. The minimum Gasteiger partial charge on any atom is -0.477 e.